The van der Waals surface area contributed by atoms with E-state index < -0.39 is 24.7 Å². The highest BCUT2D eigenvalue weighted by Gasteiger charge is 2.50. The van der Waals surface area contributed by atoms with Gasteiger partial charge in [0.25, 0.3) is 5.91 Å². The number of alkyl halides is 2. The van der Waals surface area contributed by atoms with Gasteiger partial charge in [0, 0.05) is 55.5 Å². The Labute approximate surface area is 235 Å². The van der Waals surface area contributed by atoms with Gasteiger partial charge >= 0.3 is 0 Å². The van der Waals surface area contributed by atoms with Crippen molar-refractivity contribution in [1.29, 1.82) is 0 Å². The van der Waals surface area contributed by atoms with Crippen LogP contribution in [-0.2, 0) is 11.3 Å². The second-order valence-electron chi connectivity index (χ2n) is 12.2. The van der Waals surface area contributed by atoms with Crippen LogP contribution in [0, 0.1) is 25.6 Å². The molecule has 8 heteroatoms. The van der Waals surface area contributed by atoms with Crippen LogP contribution in [0.4, 0.5) is 13.2 Å². The van der Waals surface area contributed by atoms with Crippen molar-refractivity contribution in [2.24, 2.45) is 5.92 Å². The van der Waals surface area contributed by atoms with Crippen molar-refractivity contribution in [1.82, 2.24) is 15.1 Å². The molecule has 3 aliphatic rings. The quantitative estimate of drug-likeness (QED) is 0.491. The molecule has 216 valence electrons. The first-order chi connectivity index (χ1) is 19.1. The van der Waals surface area contributed by atoms with Gasteiger partial charge in [-0.1, -0.05) is 30.3 Å². The van der Waals surface area contributed by atoms with Crippen molar-refractivity contribution in [3.8, 4) is 0 Å². The molecule has 1 unspecified atom stereocenters. The number of piperidine rings is 1. The van der Waals surface area contributed by atoms with E-state index in [4.69, 9.17) is 0 Å². The van der Waals surface area contributed by atoms with Gasteiger partial charge in [0.05, 0.1) is 0 Å². The molecule has 0 bridgehead atoms. The van der Waals surface area contributed by atoms with Crippen LogP contribution in [0.1, 0.15) is 78.4 Å². The molecule has 5 rings (SSSR count). The van der Waals surface area contributed by atoms with Crippen LogP contribution in [0.2, 0.25) is 0 Å². The summed E-state index contributed by atoms with van der Waals surface area (Å²) in [6.07, 6.45) is 4.23. The summed E-state index contributed by atoms with van der Waals surface area (Å²) in [4.78, 5) is 30.4. The number of carbonyl (C=O) groups is 2. The van der Waals surface area contributed by atoms with E-state index in [0.717, 1.165) is 48.8 Å². The van der Waals surface area contributed by atoms with E-state index in [1.165, 1.54) is 12.1 Å². The predicted octanol–water partition coefficient (Wildman–Crippen LogP) is 6.02. The molecule has 5 nitrogen and oxygen atoms in total. The Kier molecular flexibility index (Phi) is 8.27. The highest BCUT2D eigenvalue weighted by atomic mass is 19.3. The van der Waals surface area contributed by atoms with Crippen LogP contribution in [0.5, 0.6) is 0 Å². The average molecular weight is 556 g/mol. The average Bonchev–Trinajstić information content (AvgIpc) is 2.88. The largest absolute Gasteiger partial charge is 0.338 e. The van der Waals surface area contributed by atoms with Crippen molar-refractivity contribution in [3.05, 3.63) is 70.5 Å². The maximum atomic E-state index is 13.9. The van der Waals surface area contributed by atoms with Gasteiger partial charge in [-0.3, -0.25) is 9.59 Å². The molecule has 2 aliphatic heterocycles. The molecule has 1 spiro atoms. The lowest BCUT2D eigenvalue weighted by Crippen LogP contribution is -2.57. The third kappa shape index (κ3) is 6.22. The molecular weight excluding hydrogens is 515 g/mol. The summed E-state index contributed by atoms with van der Waals surface area (Å²) in [6.45, 7) is 6.29. The molecule has 0 aromatic heterocycles. The zero-order chi connectivity index (χ0) is 28.5. The Balaban J connectivity index is 1.22. The second kappa shape index (κ2) is 11.6. The number of hydrogen-bond donors (Lipinski definition) is 1. The van der Waals surface area contributed by atoms with E-state index in [9.17, 15) is 22.8 Å². The number of benzene rings is 2. The lowest BCUT2D eigenvalue weighted by atomic mass is 9.78. The second-order valence-corrected chi connectivity index (χ2v) is 12.2. The highest BCUT2D eigenvalue weighted by molar-refractivity contribution is 5.97. The lowest BCUT2D eigenvalue weighted by molar-refractivity contribution is -0.163. The molecule has 1 aliphatic carbocycles. The number of aryl methyl sites for hydroxylation is 2. The molecule has 1 saturated carbocycles. The van der Waals surface area contributed by atoms with Crippen molar-refractivity contribution >= 4 is 11.8 Å². The van der Waals surface area contributed by atoms with Crippen molar-refractivity contribution < 1.29 is 22.8 Å². The Bertz CT molecular complexity index is 1200. The third-order valence-corrected chi connectivity index (χ3v) is 9.28. The first kappa shape index (κ1) is 28.7. The molecule has 2 heterocycles. The van der Waals surface area contributed by atoms with Gasteiger partial charge in [-0.2, -0.15) is 0 Å². The fourth-order valence-electron chi connectivity index (χ4n) is 6.89. The molecule has 1 N–H and O–H groups in total. The fraction of sp³-hybridized carbons (Fsp3) is 0.562. The molecule has 3 fully saturated rings. The van der Waals surface area contributed by atoms with Gasteiger partial charge < -0.3 is 15.1 Å². The number of carbonyl (C=O) groups excluding carboxylic acids is 2. The summed E-state index contributed by atoms with van der Waals surface area (Å²) in [6, 6.07) is 12.0. The summed E-state index contributed by atoms with van der Waals surface area (Å²) < 4.78 is 41.1. The molecule has 2 saturated heterocycles. The minimum atomic E-state index is -2.77. The van der Waals surface area contributed by atoms with E-state index in [-0.39, 0.29) is 35.8 Å². The smallest absolute Gasteiger partial charge is 0.254 e. The van der Waals surface area contributed by atoms with E-state index in [2.05, 4.69) is 5.32 Å². The van der Waals surface area contributed by atoms with Gasteiger partial charge in [0.2, 0.25) is 11.8 Å². The number of likely N-dealkylation sites (tertiary alicyclic amines) is 1. The predicted molar refractivity (Wildman–Crippen MR) is 149 cm³/mol. The highest BCUT2D eigenvalue weighted by Crippen LogP contribution is 2.44. The molecular formula is C32H40F3N3O2. The Morgan fingerprint density at radius 1 is 1.00 bits per heavy atom. The molecule has 2 amide bonds. The molecule has 2 aromatic rings. The SMILES string of the molecule is Cc1cccc(C)c1C(=O)N1CCC2(CCCC(N(Cc3cccc(F)c3)C(=O)C3CC(F)(F)C3)CCN2)CC1. The Hall–Kier alpha value is -2.87. The molecule has 0 radical (unpaired) electrons. The van der Waals surface area contributed by atoms with Crippen LogP contribution in [0.25, 0.3) is 0 Å². The zero-order valence-corrected chi connectivity index (χ0v) is 23.5. The van der Waals surface area contributed by atoms with Gasteiger partial charge in [-0.25, -0.2) is 13.2 Å². The Morgan fingerprint density at radius 2 is 1.68 bits per heavy atom. The van der Waals surface area contributed by atoms with E-state index in [1.54, 1.807) is 17.0 Å². The number of amides is 2. The molecule has 40 heavy (non-hydrogen) atoms. The summed E-state index contributed by atoms with van der Waals surface area (Å²) in [5, 5.41) is 3.77. The maximum absolute atomic E-state index is 13.9. The van der Waals surface area contributed by atoms with Gasteiger partial charge in [0.1, 0.15) is 5.82 Å². The van der Waals surface area contributed by atoms with E-state index in [0.29, 0.717) is 31.6 Å². The first-order valence-electron chi connectivity index (χ1n) is 14.6. The summed E-state index contributed by atoms with van der Waals surface area (Å²) in [7, 11) is 0. The van der Waals surface area contributed by atoms with Crippen LogP contribution in [0.15, 0.2) is 42.5 Å². The van der Waals surface area contributed by atoms with Crippen molar-refractivity contribution in [2.45, 2.75) is 89.3 Å². The topological polar surface area (TPSA) is 52.7 Å². The number of nitrogens with zero attached hydrogens (tertiary/aromatic N) is 2. The van der Waals surface area contributed by atoms with Crippen LogP contribution in [0.3, 0.4) is 0 Å². The number of nitrogens with one attached hydrogen (secondary N) is 1. The van der Waals surface area contributed by atoms with Crippen molar-refractivity contribution in [2.75, 3.05) is 19.6 Å². The summed E-state index contributed by atoms with van der Waals surface area (Å²) >= 11 is 0. The fourth-order valence-corrected chi connectivity index (χ4v) is 6.89. The van der Waals surface area contributed by atoms with E-state index in [1.807, 2.05) is 36.9 Å². The summed E-state index contributed by atoms with van der Waals surface area (Å²) in [5.41, 5.74) is 3.44. The number of hydrogen-bond acceptors (Lipinski definition) is 3. The third-order valence-electron chi connectivity index (χ3n) is 9.28. The van der Waals surface area contributed by atoms with Gasteiger partial charge in [-0.15, -0.1) is 0 Å². The monoisotopic (exact) mass is 555 g/mol. The maximum Gasteiger partial charge on any atom is 0.254 e. The lowest BCUT2D eigenvalue weighted by Gasteiger charge is -2.46. The minimum Gasteiger partial charge on any atom is -0.338 e. The van der Waals surface area contributed by atoms with Crippen LogP contribution >= 0.6 is 0 Å². The van der Waals surface area contributed by atoms with Gasteiger partial charge in [0.15, 0.2) is 0 Å². The summed E-state index contributed by atoms with van der Waals surface area (Å²) in [5.74, 6) is -3.96. The molecule has 1 atom stereocenters. The standard InChI is InChI=1S/C32H40F3N3O2/c1-22-6-3-7-23(2)28(22)30(40)37-16-13-31(14-17-37)12-5-10-27(11-15-36-31)38(21-24-8-4-9-26(33)18-24)29(39)25-19-32(34,35)20-25/h3-4,6-9,18,25,27,36H,5,10-17,19-21H2,1-2H3. The Morgan fingerprint density at radius 3 is 2.33 bits per heavy atom. The molecule has 2 aromatic carbocycles. The number of rotatable bonds is 5. The first-order valence-corrected chi connectivity index (χ1v) is 14.6. The van der Waals surface area contributed by atoms with Gasteiger partial charge in [-0.05, 0) is 87.7 Å². The zero-order valence-electron chi connectivity index (χ0n) is 23.5. The van der Waals surface area contributed by atoms with Crippen LogP contribution < -0.4 is 5.32 Å². The minimum absolute atomic E-state index is 0.0457. The number of halogens is 3. The van der Waals surface area contributed by atoms with Crippen molar-refractivity contribution in [3.63, 3.8) is 0 Å². The van der Waals surface area contributed by atoms with Crippen LogP contribution in [-0.4, -0.2) is 58.8 Å². The normalized spacial score (nSPS) is 22.7. The van der Waals surface area contributed by atoms with E-state index >= 15 is 0 Å².